The van der Waals surface area contributed by atoms with E-state index in [0.717, 1.165) is 31.5 Å². The second-order valence-electron chi connectivity index (χ2n) is 3.55. The van der Waals surface area contributed by atoms with Crippen molar-refractivity contribution in [2.45, 2.75) is 26.7 Å². The van der Waals surface area contributed by atoms with E-state index in [2.05, 4.69) is 6.58 Å². The zero-order chi connectivity index (χ0) is 9.84. The van der Waals surface area contributed by atoms with Crippen LogP contribution in [0.1, 0.15) is 26.7 Å². The predicted molar refractivity (Wildman–Crippen MR) is 54.4 cm³/mol. The summed E-state index contributed by atoms with van der Waals surface area (Å²) in [6, 6.07) is 0. The molecule has 1 amide bonds. The molecule has 0 aromatic rings. The molecule has 0 N–H and O–H groups in total. The van der Waals surface area contributed by atoms with Gasteiger partial charge in [-0.3, -0.25) is 4.79 Å². The van der Waals surface area contributed by atoms with Crippen molar-refractivity contribution in [1.82, 2.24) is 4.90 Å². The van der Waals surface area contributed by atoms with Gasteiger partial charge in [0.15, 0.2) is 0 Å². The van der Waals surface area contributed by atoms with Gasteiger partial charge < -0.3 is 4.90 Å². The van der Waals surface area contributed by atoms with E-state index in [1.165, 1.54) is 5.57 Å². The van der Waals surface area contributed by atoms with Gasteiger partial charge >= 0.3 is 0 Å². The van der Waals surface area contributed by atoms with E-state index in [4.69, 9.17) is 0 Å². The molecule has 0 atom stereocenters. The fourth-order valence-corrected chi connectivity index (χ4v) is 1.49. The Hall–Kier alpha value is -1.05. The summed E-state index contributed by atoms with van der Waals surface area (Å²) in [6.45, 7) is 9.29. The van der Waals surface area contributed by atoms with Crippen molar-refractivity contribution in [3.05, 3.63) is 23.8 Å². The lowest BCUT2D eigenvalue weighted by Gasteiger charge is -2.28. The van der Waals surface area contributed by atoms with Crippen LogP contribution in [0.4, 0.5) is 0 Å². The lowest BCUT2D eigenvalue weighted by Crippen LogP contribution is -2.36. The molecule has 1 fully saturated rings. The number of hydrogen-bond donors (Lipinski definition) is 0. The summed E-state index contributed by atoms with van der Waals surface area (Å²) in [5.41, 5.74) is 2.00. The molecular weight excluding hydrogens is 162 g/mol. The molecule has 2 heteroatoms. The predicted octanol–water partition coefficient (Wildman–Crippen LogP) is 2.13. The fraction of sp³-hybridized carbons (Fsp3) is 0.545. The normalized spacial score (nSPS) is 19.1. The average Bonchev–Trinajstić information content (AvgIpc) is 2.15. The fourth-order valence-electron chi connectivity index (χ4n) is 1.49. The molecule has 2 nitrogen and oxygen atoms in total. The molecule has 1 heterocycles. The maximum Gasteiger partial charge on any atom is 0.249 e. The molecule has 1 aliphatic heterocycles. The summed E-state index contributed by atoms with van der Waals surface area (Å²) < 4.78 is 0. The zero-order valence-corrected chi connectivity index (χ0v) is 8.47. The highest BCUT2D eigenvalue weighted by atomic mass is 16.2. The summed E-state index contributed by atoms with van der Waals surface area (Å²) in [6.07, 6.45) is 3.99. The maximum atomic E-state index is 11.7. The van der Waals surface area contributed by atoms with Crippen LogP contribution in [0.25, 0.3) is 0 Å². The van der Waals surface area contributed by atoms with Gasteiger partial charge in [0, 0.05) is 18.7 Å². The molecule has 72 valence electrons. The van der Waals surface area contributed by atoms with Crippen LogP contribution in [-0.4, -0.2) is 23.9 Å². The number of allylic oxidation sites excluding steroid dienone is 1. The summed E-state index contributed by atoms with van der Waals surface area (Å²) in [4.78, 5) is 13.6. The van der Waals surface area contributed by atoms with Gasteiger partial charge in [-0.1, -0.05) is 18.2 Å². The van der Waals surface area contributed by atoms with Gasteiger partial charge in [-0.2, -0.15) is 0 Å². The van der Waals surface area contributed by atoms with E-state index in [-0.39, 0.29) is 5.91 Å². The summed E-state index contributed by atoms with van der Waals surface area (Å²) in [7, 11) is 0. The molecule has 0 aliphatic carbocycles. The third-order valence-electron chi connectivity index (χ3n) is 2.43. The number of amides is 1. The van der Waals surface area contributed by atoms with E-state index in [0.29, 0.717) is 0 Å². The lowest BCUT2D eigenvalue weighted by atomic mass is 10.1. The van der Waals surface area contributed by atoms with Crippen LogP contribution in [0, 0.1) is 0 Å². The molecule has 0 radical (unpaired) electrons. The second kappa shape index (κ2) is 4.26. The van der Waals surface area contributed by atoms with E-state index < -0.39 is 0 Å². The monoisotopic (exact) mass is 179 g/mol. The number of rotatable bonds is 1. The first kappa shape index (κ1) is 10.0. The Morgan fingerprint density at radius 1 is 1.62 bits per heavy atom. The largest absolute Gasteiger partial charge is 0.335 e. The lowest BCUT2D eigenvalue weighted by molar-refractivity contribution is -0.127. The SMILES string of the molecule is C=C1CCCN(C(=O)/C(C)=C\C)C1. The van der Waals surface area contributed by atoms with Crippen LogP contribution in [0.5, 0.6) is 0 Å². The average molecular weight is 179 g/mol. The van der Waals surface area contributed by atoms with Crippen LogP contribution >= 0.6 is 0 Å². The Kier molecular flexibility index (Phi) is 3.29. The molecule has 0 aromatic carbocycles. The maximum absolute atomic E-state index is 11.7. The Morgan fingerprint density at radius 3 is 2.85 bits per heavy atom. The van der Waals surface area contributed by atoms with Crippen LogP contribution in [0.3, 0.4) is 0 Å². The van der Waals surface area contributed by atoms with Crippen LogP contribution in [-0.2, 0) is 4.79 Å². The van der Waals surface area contributed by atoms with Crippen LogP contribution in [0.15, 0.2) is 23.8 Å². The van der Waals surface area contributed by atoms with Crippen molar-refractivity contribution in [1.29, 1.82) is 0 Å². The van der Waals surface area contributed by atoms with Crippen molar-refractivity contribution in [3.63, 3.8) is 0 Å². The third kappa shape index (κ3) is 2.44. The molecule has 0 unspecified atom stereocenters. The molecule has 0 aromatic heterocycles. The standard InChI is InChI=1S/C11H17NO/c1-4-10(3)11(13)12-7-5-6-9(2)8-12/h4H,2,5-8H2,1,3H3/b10-4-. The summed E-state index contributed by atoms with van der Waals surface area (Å²) in [5, 5.41) is 0. The van der Waals surface area contributed by atoms with Crippen LogP contribution < -0.4 is 0 Å². The Morgan fingerprint density at radius 2 is 2.31 bits per heavy atom. The summed E-state index contributed by atoms with van der Waals surface area (Å²) in [5.74, 6) is 0.156. The number of carbonyl (C=O) groups is 1. The zero-order valence-electron chi connectivity index (χ0n) is 8.47. The minimum absolute atomic E-state index is 0.156. The van der Waals surface area contributed by atoms with E-state index in [1.54, 1.807) is 0 Å². The highest BCUT2D eigenvalue weighted by Gasteiger charge is 2.18. The van der Waals surface area contributed by atoms with Gasteiger partial charge in [0.2, 0.25) is 5.91 Å². The van der Waals surface area contributed by atoms with Gasteiger partial charge in [0.25, 0.3) is 0 Å². The number of piperidine rings is 1. The first-order valence-electron chi connectivity index (χ1n) is 4.74. The molecular formula is C11H17NO. The van der Waals surface area contributed by atoms with Crippen molar-refractivity contribution < 1.29 is 4.79 Å². The van der Waals surface area contributed by atoms with E-state index >= 15 is 0 Å². The van der Waals surface area contributed by atoms with E-state index in [9.17, 15) is 4.79 Å². The molecule has 1 aliphatic rings. The second-order valence-corrected chi connectivity index (χ2v) is 3.55. The van der Waals surface area contributed by atoms with E-state index in [1.807, 2.05) is 24.8 Å². The molecule has 0 spiro atoms. The third-order valence-corrected chi connectivity index (χ3v) is 2.43. The Bertz CT molecular complexity index is 253. The van der Waals surface area contributed by atoms with Crippen molar-refractivity contribution >= 4 is 5.91 Å². The van der Waals surface area contributed by atoms with Gasteiger partial charge in [-0.05, 0) is 26.7 Å². The topological polar surface area (TPSA) is 20.3 Å². The molecule has 13 heavy (non-hydrogen) atoms. The first-order valence-corrected chi connectivity index (χ1v) is 4.74. The van der Waals surface area contributed by atoms with Gasteiger partial charge in [-0.15, -0.1) is 0 Å². The highest BCUT2D eigenvalue weighted by molar-refractivity contribution is 5.92. The van der Waals surface area contributed by atoms with Gasteiger partial charge in [0.1, 0.15) is 0 Å². The van der Waals surface area contributed by atoms with Crippen molar-refractivity contribution in [2.24, 2.45) is 0 Å². The Balaban J connectivity index is 2.61. The highest BCUT2D eigenvalue weighted by Crippen LogP contribution is 2.15. The number of carbonyl (C=O) groups excluding carboxylic acids is 1. The van der Waals surface area contributed by atoms with Gasteiger partial charge in [-0.25, -0.2) is 0 Å². The van der Waals surface area contributed by atoms with Crippen molar-refractivity contribution in [3.8, 4) is 0 Å². The number of hydrogen-bond acceptors (Lipinski definition) is 1. The van der Waals surface area contributed by atoms with Crippen molar-refractivity contribution in [2.75, 3.05) is 13.1 Å². The molecule has 1 rings (SSSR count). The quantitative estimate of drug-likeness (QED) is 0.446. The number of likely N-dealkylation sites (tertiary alicyclic amines) is 1. The first-order chi connectivity index (χ1) is 6.15. The van der Waals surface area contributed by atoms with Gasteiger partial charge in [0.05, 0.1) is 0 Å². The minimum Gasteiger partial charge on any atom is -0.335 e. The summed E-state index contributed by atoms with van der Waals surface area (Å²) >= 11 is 0. The number of nitrogens with zero attached hydrogens (tertiary/aromatic N) is 1. The molecule has 0 saturated carbocycles. The molecule has 1 saturated heterocycles. The minimum atomic E-state index is 0.156. The van der Waals surface area contributed by atoms with Crippen LogP contribution in [0.2, 0.25) is 0 Å². The Labute approximate surface area is 79.9 Å². The smallest absolute Gasteiger partial charge is 0.249 e. The molecule has 0 bridgehead atoms.